The first-order valence-corrected chi connectivity index (χ1v) is 13.1. The van der Waals surface area contributed by atoms with Crippen molar-refractivity contribution in [3.05, 3.63) is 64.7 Å². The lowest BCUT2D eigenvalue weighted by Gasteiger charge is -2.55. The molecular formula is C27H36O3S. The first-order valence-electron chi connectivity index (χ1n) is 11.6. The summed E-state index contributed by atoms with van der Waals surface area (Å²) in [5.41, 5.74) is 5.33. The molecule has 0 bridgehead atoms. The lowest BCUT2D eigenvalue weighted by atomic mass is 9.50. The maximum Gasteiger partial charge on any atom is 0.296 e. The molecule has 0 aromatic heterocycles. The van der Waals surface area contributed by atoms with E-state index in [1.165, 1.54) is 16.7 Å². The monoisotopic (exact) mass is 440 g/mol. The topological polar surface area (TPSA) is 43.4 Å². The largest absolute Gasteiger partial charge is 0.296 e. The minimum atomic E-state index is -3.75. The molecule has 1 fully saturated rings. The number of fused-ring (bicyclic) bond motifs is 3. The zero-order valence-electron chi connectivity index (χ0n) is 19.6. The second-order valence-corrected chi connectivity index (χ2v) is 12.2. The highest BCUT2D eigenvalue weighted by Gasteiger charge is 2.52. The minimum Gasteiger partial charge on any atom is -0.266 e. The molecule has 0 aliphatic heterocycles. The zero-order chi connectivity index (χ0) is 22.4. The fraction of sp³-hybridized carbons (Fsp3) is 0.556. The van der Waals surface area contributed by atoms with Crippen LogP contribution in [0.4, 0.5) is 0 Å². The third-order valence-electron chi connectivity index (χ3n) is 8.02. The molecule has 31 heavy (non-hydrogen) atoms. The normalized spacial score (nSPS) is 28.3. The Balaban J connectivity index is 1.59. The van der Waals surface area contributed by atoms with Gasteiger partial charge in [-0.05, 0) is 84.1 Å². The van der Waals surface area contributed by atoms with Crippen LogP contribution >= 0.6 is 0 Å². The van der Waals surface area contributed by atoms with Crippen molar-refractivity contribution in [2.24, 2.45) is 11.3 Å². The lowest BCUT2D eigenvalue weighted by molar-refractivity contribution is -0.00840. The number of benzene rings is 2. The summed E-state index contributed by atoms with van der Waals surface area (Å²) in [4.78, 5) is 0.246. The molecule has 0 spiro atoms. The first-order chi connectivity index (χ1) is 14.6. The lowest BCUT2D eigenvalue weighted by Crippen LogP contribution is -2.51. The molecule has 0 heterocycles. The Bertz CT molecular complexity index is 1050. The highest BCUT2D eigenvalue weighted by molar-refractivity contribution is 7.86. The van der Waals surface area contributed by atoms with Gasteiger partial charge in [-0.1, -0.05) is 70.0 Å². The van der Waals surface area contributed by atoms with E-state index in [4.69, 9.17) is 4.18 Å². The van der Waals surface area contributed by atoms with E-state index < -0.39 is 10.1 Å². The molecule has 2 aromatic carbocycles. The molecule has 168 valence electrons. The summed E-state index contributed by atoms with van der Waals surface area (Å²) in [7, 11) is -3.75. The van der Waals surface area contributed by atoms with Gasteiger partial charge in [0.1, 0.15) is 0 Å². The van der Waals surface area contributed by atoms with Gasteiger partial charge in [0.2, 0.25) is 0 Å². The number of hydrogen-bond donors (Lipinski definition) is 0. The second kappa shape index (κ2) is 8.04. The van der Waals surface area contributed by atoms with Gasteiger partial charge in [0, 0.05) is 0 Å². The molecule has 0 amide bonds. The van der Waals surface area contributed by atoms with Gasteiger partial charge in [0.15, 0.2) is 0 Å². The molecule has 2 aromatic rings. The van der Waals surface area contributed by atoms with Crippen LogP contribution in [0.1, 0.15) is 81.5 Å². The molecule has 0 saturated heterocycles. The van der Waals surface area contributed by atoms with Crippen LogP contribution in [-0.4, -0.2) is 15.0 Å². The van der Waals surface area contributed by atoms with E-state index >= 15 is 0 Å². The van der Waals surface area contributed by atoms with Crippen molar-refractivity contribution in [2.75, 3.05) is 6.61 Å². The van der Waals surface area contributed by atoms with Crippen molar-refractivity contribution in [1.82, 2.24) is 0 Å². The summed E-state index contributed by atoms with van der Waals surface area (Å²) in [5.74, 6) is 0.951. The maximum absolute atomic E-state index is 12.8. The molecule has 0 unspecified atom stereocenters. The van der Waals surface area contributed by atoms with Crippen LogP contribution in [0.3, 0.4) is 0 Å². The molecule has 4 heteroatoms. The molecule has 3 atom stereocenters. The van der Waals surface area contributed by atoms with Gasteiger partial charge in [-0.3, -0.25) is 4.18 Å². The summed E-state index contributed by atoms with van der Waals surface area (Å²) >= 11 is 0. The van der Waals surface area contributed by atoms with Crippen LogP contribution in [0.5, 0.6) is 0 Å². The van der Waals surface area contributed by atoms with E-state index in [1.807, 2.05) is 19.1 Å². The predicted octanol–water partition coefficient (Wildman–Crippen LogP) is 6.53. The Morgan fingerprint density at radius 1 is 1.06 bits per heavy atom. The van der Waals surface area contributed by atoms with Crippen molar-refractivity contribution in [1.29, 1.82) is 0 Å². The smallest absolute Gasteiger partial charge is 0.266 e. The van der Waals surface area contributed by atoms with Gasteiger partial charge in [-0.2, -0.15) is 8.42 Å². The van der Waals surface area contributed by atoms with E-state index in [1.54, 1.807) is 12.1 Å². The summed E-state index contributed by atoms with van der Waals surface area (Å²) in [5, 5.41) is 0. The quantitative estimate of drug-likeness (QED) is 0.496. The number of rotatable bonds is 5. The summed E-state index contributed by atoms with van der Waals surface area (Å²) in [6, 6.07) is 14.0. The van der Waals surface area contributed by atoms with Gasteiger partial charge in [-0.25, -0.2) is 0 Å². The van der Waals surface area contributed by atoms with Crippen molar-refractivity contribution in [2.45, 2.75) is 83.0 Å². The fourth-order valence-electron chi connectivity index (χ4n) is 6.16. The fourth-order valence-corrected chi connectivity index (χ4v) is 7.19. The molecule has 0 N–H and O–H groups in total. The van der Waals surface area contributed by atoms with Gasteiger partial charge < -0.3 is 0 Å². The zero-order valence-corrected chi connectivity index (χ0v) is 20.4. The van der Waals surface area contributed by atoms with E-state index in [9.17, 15) is 8.42 Å². The van der Waals surface area contributed by atoms with Crippen molar-refractivity contribution in [3.63, 3.8) is 0 Å². The SMILES string of the molecule is Cc1ccc(S(=O)(=O)OC[C@]2(C)CCC[C@]3(C)c4ccc(C(C)C)cc4CC[C@@H]23)cc1. The highest BCUT2D eigenvalue weighted by atomic mass is 32.2. The van der Waals surface area contributed by atoms with E-state index in [0.717, 1.165) is 37.7 Å². The Hall–Kier alpha value is -1.65. The van der Waals surface area contributed by atoms with Crippen LogP contribution in [0, 0.1) is 18.3 Å². The Morgan fingerprint density at radius 3 is 2.45 bits per heavy atom. The van der Waals surface area contributed by atoms with E-state index in [2.05, 4.69) is 45.9 Å². The van der Waals surface area contributed by atoms with Crippen LogP contribution in [-0.2, 0) is 26.1 Å². The molecule has 4 rings (SSSR count). The highest BCUT2D eigenvalue weighted by Crippen LogP contribution is 2.57. The second-order valence-electron chi connectivity index (χ2n) is 10.6. The van der Waals surface area contributed by atoms with Crippen LogP contribution in [0.15, 0.2) is 47.4 Å². The molecule has 3 nitrogen and oxygen atoms in total. The van der Waals surface area contributed by atoms with Gasteiger partial charge >= 0.3 is 0 Å². The third-order valence-corrected chi connectivity index (χ3v) is 9.30. The van der Waals surface area contributed by atoms with Crippen LogP contribution in [0.25, 0.3) is 0 Å². The van der Waals surface area contributed by atoms with Crippen LogP contribution < -0.4 is 0 Å². The van der Waals surface area contributed by atoms with E-state index in [0.29, 0.717) is 11.8 Å². The van der Waals surface area contributed by atoms with Crippen molar-refractivity contribution >= 4 is 10.1 Å². The molecule has 1 saturated carbocycles. The molecule has 2 aliphatic carbocycles. The average molecular weight is 441 g/mol. The molecule has 2 aliphatic rings. The van der Waals surface area contributed by atoms with Crippen LogP contribution in [0.2, 0.25) is 0 Å². The number of hydrogen-bond acceptors (Lipinski definition) is 3. The number of aryl methyl sites for hydroxylation is 2. The van der Waals surface area contributed by atoms with Crippen molar-refractivity contribution < 1.29 is 12.6 Å². The predicted molar refractivity (Wildman–Crippen MR) is 126 cm³/mol. The maximum atomic E-state index is 12.8. The Kier molecular flexibility index (Phi) is 5.85. The van der Waals surface area contributed by atoms with Gasteiger partial charge in [0.25, 0.3) is 10.1 Å². The minimum absolute atomic E-state index is 0.0765. The Labute approximate surface area is 188 Å². The van der Waals surface area contributed by atoms with Gasteiger partial charge in [-0.15, -0.1) is 0 Å². The standard InChI is InChI=1S/C27H36O3S/c1-19(2)21-9-13-24-22(17-21)10-14-25-26(4,15-6-16-27(24,25)5)18-30-31(28,29)23-11-7-20(3)8-12-23/h7-9,11-13,17,19,25H,6,10,14-16,18H2,1-5H3/t25-,26-,27+/m0/s1. The third kappa shape index (κ3) is 4.09. The van der Waals surface area contributed by atoms with Gasteiger partial charge in [0.05, 0.1) is 11.5 Å². The Morgan fingerprint density at radius 2 is 1.77 bits per heavy atom. The van der Waals surface area contributed by atoms with E-state index in [-0.39, 0.29) is 22.3 Å². The van der Waals surface area contributed by atoms with Crippen molar-refractivity contribution in [3.8, 4) is 0 Å². The summed E-state index contributed by atoms with van der Waals surface area (Å²) in [6.07, 6.45) is 5.43. The first kappa shape index (κ1) is 22.5. The average Bonchev–Trinajstić information content (AvgIpc) is 2.72. The molecular weight excluding hydrogens is 404 g/mol. The summed E-state index contributed by atoms with van der Waals surface area (Å²) < 4.78 is 31.4. The summed E-state index contributed by atoms with van der Waals surface area (Å²) in [6.45, 7) is 11.3. The molecule has 0 radical (unpaired) electrons.